The van der Waals surface area contributed by atoms with E-state index in [0.29, 0.717) is 19.4 Å². The van der Waals surface area contributed by atoms with Gasteiger partial charge in [-0.3, -0.25) is 14.7 Å². The molecule has 154 valence electrons. The van der Waals surface area contributed by atoms with Crippen LogP contribution in [-0.4, -0.2) is 34.0 Å². The third-order valence-corrected chi connectivity index (χ3v) is 5.69. The number of benzene rings is 2. The van der Waals surface area contributed by atoms with Crippen molar-refractivity contribution >= 4 is 5.97 Å². The van der Waals surface area contributed by atoms with Crippen molar-refractivity contribution in [1.29, 1.82) is 0 Å². The average molecular weight is 402 g/mol. The van der Waals surface area contributed by atoms with Gasteiger partial charge in [-0.15, -0.1) is 0 Å². The summed E-state index contributed by atoms with van der Waals surface area (Å²) in [6.45, 7) is 2.04. The van der Waals surface area contributed by atoms with Crippen LogP contribution in [0, 0.1) is 5.92 Å². The molecule has 5 heteroatoms. The van der Waals surface area contributed by atoms with Gasteiger partial charge in [0.2, 0.25) is 0 Å². The third-order valence-electron chi connectivity index (χ3n) is 5.69. The van der Waals surface area contributed by atoms with Crippen LogP contribution in [-0.2, 0) is 11.4 Å². The van der Waals surface area contributed by atoms with Crippen LogP contribution in [0.3, 0.4) is 0 Å². The van der Waals surface area contributed by atoms with Crippen LogP contribution in [0.4, 0.5) is 0 Å². The van der Waals surface area contributed by atoms with Gasteiger partial charge in [-0.1, -0.05) is 48.5 Å². The minimum Gasteiger partial charge on any atom is -0.489 e. The summed E-state index contributed by atoms with van der Waals surface area (Å²) in [5.74, 6) is -0.103. The van der Waals surface area contributed by atoms with E-state index in [-0.39, 0.29) is 12.0 Å². The van der Waals surface area contributed by atoms with E-state index in [9.17, 15) is 9.90 Å². The van der Waals surface area contributed by atoms with Crippen molar-refractivity contribution in [3.05, 3.63) is 95.8 Å². The molecule has 1 saturated heterocycles. The van der Waals surface area contributed by atoms with E-state index in [2.05, 4.69) is 28.1 Å². The number of ether oxygens (including phenoxy) is 1. The van der Waals surface area contributed by atoms with Gasteiger partial charge in [-0.25, -0.2) is 0 Å². The topological polar surface area (TPSA) is 62.7 Å². The number of pyridine rings is 1. The Balaban J connectivity index is 1.50. The second-order valence-electron chi connectivity index (χ2n) is 7.68. The summed E-state index contributed by atoms with van der Waals surface area (Å²) in [6, 6.07) is 22.4. The van der Waals surface area contributed by atoms with Gasteiger partial charge >= 0.3 is 5.97 Å². The molecular weight excluding hydrogens is 376 g/mol. The maximum Gasteiger partial charge on any atom is 0.306 e. The fourth-order valence-electron chi connectivity index (χ4n) is 4.04. The second kappa shape index (κ2) is 9.55. The van der Waals surface area contributed by atoms with Gasteiger partial charge in [-0.05, 0) is 60.8 Å². The fraction of sp³-hybridized carbons (Fsp3) is 0.280. The predicted molar refractivity (Wildman–Crippen MR) is 115 cm³/mol. The number of rotatable bonds is 7. The Labute approximate surface area is 177 Å². The van der Waals surface area contributed by atoms with E-state index in [1.807, 2.05) is 54.7 Å². The van der Waals surface area contributed by atoms with Crippen molar-refractivity contribution in [2.24, 2.45) is 5.92 Å². The number of carboxylic acids is 1. The molecule has 2 heterocycles. The van der Waals surface area contributed by atoms with Gasteiger partial charge in [0.1, 0.15) is 12.4 Å². The first-order valence-corrected chi connectivity index (χ1v) is 10.3. The van der Waals surface area contributed by atoms with Crippen LogP contribution < -0.4 is 4.74 Å². The highest BCUT2D eigenvalue weighted by molar-refractivity contribution is 5.70. The van der Waals surface area contributed by atoms with Crippen molar-refractivity contribution in [1.82, 2.24) is 9.88 Å². The van der Waals surface area contributed by atoms with Crippen LogP contribution in [0.25, 0.3) is 0 Å². The zero-order chi connectivity index (χ0) is 20.8. The first-order valence-electron chi connectivity index (χ1n) is 10.3. The van der Waals surface area contributed by atoms with E-state index in [1.54, 1.807) is 6.20 Å². The molecule has 2 aromatic carbocycles. The smallest absolute Gasteiger partial charge is 0.306 e. The summed E-state index contributed by atoms with van der Waals surface area (Å²) < 4.78 is 5.93. The Bertz CT molecular complexity index is 937. The van der Waals surface area contributed by atoms with Crippen molar-refractivity contribution < 1.29 is 14.6 Å². The minimum atomic E-state index is -0.688. The van der Waals surface area contributed by atoms with E-state index in [0.717, 1.165) is 35.5 Å². The van der Waals surface area contributed by atoms with Crippen LogP contribution in [0.15, 0.2) is 79.1 Å². The standard InChI is InChI=1S/C25H26N2O3/c28-25(29)21-12-15-27(16-13-21)24(22-7-4-14-26-17-22)20-8-10-23(11-9-20)30-18-19-5-2-1-3-6-19/h1-11,14,17,21,24H,12-13,15-16,18H2,(H,28,29). The largest absolute Gasteiger partial charge is 0.489 e. The average Bonchev–Trinajstić information content (AvgIpc) is 2.80. The normalized spacial score (nSPS) is 16.1. The molecule has 1 unspecified atom stereocenters. The minimum absolute atomic E-state index is 0.0524. The molecule has 0 bridgehead atoms. The van der Waals surface area contributed by atoms with Crippen molar-refractivity contribution in [3.63, 3.8) is 0 Å². The lowest BCUT2D eigenvalue weighted by molar-refractivity contribution is -0.143. The van der Waals surface area contributed by atoms with E-state index < -0.39 is 5.97 Å². The molecule has 30 heavy (non-hydrogen) atoms. The van der Waals surface area contributed by atoms with Gasteiger partial charge < -0.3 is 9.84 Å². The first kappa shape index (κ1) is 20.1. The molecule has 0 saturated carbocycles. The summed E-state index contributed by atoms with van der Waals surface area (Å²) in [6.07, 6.45) is 5.01. The highest BCUT2D eigenvalue weighted by atomic mass is 16.5. The van der Waals surface area contributed by atoms with Gasteiger partial charge in [0, 0.05) is 12.4 Å². The first-order chi connectivity index (χ1) is 14.7. The molecule has 0 aliphatic carbocycles. The Hall–Kier alpha value is -3.18. The van der Waals surface area contributed by atoms with E-state index in [4.69, 9.17) is 4.74 Å². The van der Waals surface area contributed by atoms with Gasteiger partial charge in [-0.2, -0.15) is 0 Å². The highest BCUT2D eigenvalue weighted by Gasteiger charge is 2.30. The molecule has 1 aliphatic rings. The summed E-state index contributed by atoms with van der Waals surface area (Å²) >= 11 is 0. The number of nitrogens with zero attached hydrogens (tertiary/aromatic N) is 2. The van der Waals surface area contributed by atoms with Crippen LogP contribution >= 0.6 is 0 Å². The number of hydrogen-bond acceptors (Lipinski definition) is 4. The number of carboxylic acid groups (broad SMARTS) is 1. The molecule has 1 aliphatic heterocycles. The fourth-order valence-corrected chi connectivity index (χ4v) is 4.04. The van der Waals surface area contributed by atoms with Crippen molar-refractivity contribution in [2.45, 2.75) is 25.5 Å². The number of hydrogen-bond donors (Lipinski definition) is 1. The Morgan fingerprint density at radius 1 is 1.00 bits per heavy atom. The van der Waals surface area contributed by atoms with Crippen molar-refractivity contribution in [2.75, 3.05) is 13.1 Å². The molecule has 3 aromatic rings. The number of piperidine rings is 1. The quantitative estimate of drug-likeness (QED) is 0.628. The molecule has 0 amide bonds. The van der Waals surface area contributed by atoms with Crippen LogP contribution in [0.5, 0.6) is 5.75 Å². The van der Waals surface area contributed by atoms with E-state index in [1.165, 1.54) is 0 Å². The molecular formula is C25H26N2O3. The Kier molecular flexibility index (Phi) is 6.40. The zero-order valence-electron chi connectivity index (χ0n) is 16.9. The number of carbonyl (C=O) groups is 1. The lowest BCUT2D eigenvalue weighted by atomic mass is 9.92. The van der Waals surface area contributed by atoms with Crippen LogP contribution in [0.1, 0.15) is 35.6 Å². The summed E-state index contributed by atoms with van der Waals surface area (Å²) in [4.78, 5) is 18.0. The van der Waals surface area contributed by atoms with Crippen LogP contribution in [0.2, 0.25) is 0 Å². The maximum atomic E-state index is 11.3. The lowest BCUT2D eigenvalue weighted by Crippen LogP contribution is -2.39. The maximum absolute atomic E-state index is 11.3. The highest BCUT2D eigenvalue weighted by Crippen LogP contribution is 2.33. The number of aliphatic carboxylic acids is 1. The van der Waals surface area contributed by atoms with E-state index >= 15 is 0 Å². The molecule has 4 rings (SSSR count). The van der Waals surface area contributed by atoms with Gasteiger partial charge in [0.25, 0.3) is 0 Å². The molecule has 0 spiro atoms. The second-order valence-corrected chi connectivity index (χ2v) is 7.68. The molecule has 1 aromatic heterocycles. The number of aromatic nitrogens is 1. The number of likely N-dealkylation sites (tertiary alicyclic amines) is 1. The SMILES string of the molecule is O=C(O)C1CCN(C(c2ccc(OCc3ccccc3)cc2)c2cccnc2)CC1. The monoisotopic (exact) mass is 402 g/mol. The summed E-state index contributed by atoms with van der Waals surface area (Å²) in [7, 11) is 0. The molecule has 5 nitrogen and oxygen atoms in total. The molecule has 1 N–H and O–H groups in total. The van der Waals surface area contributed by atoms with Crippen molar-refractivity contribution in [3.8, 4) is 5.75 Å². The zero-order valence-corrected chi connectivity index (χ0v) is 16.9. The predicted octanol–water partition coefficient (Wildman–Crippen LogP) is 4.55. The molecule has 1 atom stereocenters. The molecule has 0 radical (unpaired) electrons. The summed E-state index contributed by atoms with van der Waals surface area (Å²) in [5, 5.41) is 9.32. The van der Waals surface area contributed by atoms with Gasteiger partial charge in [0.05, 0.1) is 12.0 Å². The Morgan fingerprint density at radius 3 is 2.37 bits per heavy atom. The summed E-state index contributed by atoms with van der Waals surface area (Å²) in [5.41, 5.74) is 3.41. The third kappa shape index (κ3) is 4.86. The molecule has 1 fully saturated rings. The van der Waals surface area contributed by atoms with Gasteiger partial charge in [0.15, 0.2) is 0 Å². The Morgan fingerprint density at radius 2 is 1.73 bits per heavy atom. The lowest BCUT2D eigenvalue weighted by Gasteiger charge is -2.37.